The molecule has 0 spiro atoms. The molecule has 4 atom stereocenters. The Morgan fingerprint density at radius 1 is 1.55 bits per heavy atom. The zero-order valence-corrected chi connectivity index (χ0v) is 6.14. The van der Waals surface area contributed by atoms with Crippen LogP contribution in [-0.4, -0.2) is 40.9 Å². The third-order valence-corrected chi connectivity index (χ3v) is 1.39. The van der Waals surface area contributed by atoms with Crippen LogP contribution in [-0.2, 0) is 4.79 Å². The van der Waals surface area contributed by atoms with Crippen LogP contribution in [0.1, 0.15) is 6.92 Å². The van der Waals surface area contributed by atoms with Gasteiger partial charge >= 0.3 is 0 Å². The topological polar surface area (TPSA) is 83.6 Å². The van der Waals surface area contributed by atoms with E-state index in [1.807, 2.05) is 0 Å². The Morgan fingerprint density at radius 2 is 2.00 bits per heavy atom. The number of hydrogen-bond donors (Lipinski definition) is 3. The van der Waals surface area contributed by atoms with Crippen molar-refractivity contribution in [3.8, 4) is 0 Å². The Labute approximate surface area is 63.8 Å². The molecule has 0 saturated carbocycles. The van der Waals surface area contributed by atoms with Crippen molar-refractivity contribution >= 4 is 6.29 Å². The molecule has 0 saturated heterocycles. The molecule has 0 aromatic heterocycles. The van der Waals surface area contributed by atoms with E-state index in [9.17, 15) is 9.18 Å². The molecule has 0 aliphatic heterocycles. The number of nitrogens with two attached hydrogens (primary N) is 1. The number of carbonyl (C=O) groups is 1. The van der Waals surface area contributed by atoms with Crippen molar-refractivity contribution in [2.75, 3.05) is 0 Å². The fourth-order valence-electron chi connectivity index (χ4n) is 0.569. The van der Waals surface area contributed by atoms with Crippen LogP contribution in [0, 0.1) is 0 Å². The van der Waals surface area contributed by atoms with E-state index in [0.717, 1.165) is 0 Å². The minimum Gasteiger partial charge on any atom is -0.392 e. The number of aliphatic hydroxyl groups is 2. The largest absolute Gasteiger partial charge is 0.392 e. The molecule has 0 rings (SSSR count). The maximum absolute atomic E-state index is 12.7. The quantitative estimate of drug-likeness (QED) is 0.447. The number of hydrogen-bond acceptors (Lipinski definition) is 4. The van der Waals surface area contributed by atoms with Gasteiger partial charge in [0.15, 0.2) is 12.5 Å². The minimum absolute atomic E-state index is 0.0485. The van der Waals surface area contributed by atoms with Gasteiger partial charge in [-0.2, -0.15) is 0 Å². The highest BCUT2D eigenvalue weighted by Gasteiger charge is 2.27. The summed E-state index contributed by atoms with van der Waals surface area (Å²) in [6.07, 6.45) is -4.70. The highest BCUT2D eigenvalue weighted by molar-refractivity contribution is 5.56. The molecular weight excluding hydrogens is 153 g/mol. The molecule has 0 aromatic carbocycles. The van der Waals surface area contributed by atoms with Crippen LogP contribution in [0.5, 0.6) is 0 Å². The molecule has 0 aliphatic rings. The molecule has 0 aliphatic carbocycles. The van der Waals surface area contributed by atoms with Crippen molar-refractivity contribution in [2.45, 2.75) is 31.3 Å². The zero-order valence-electron chi connectivity index (χ0n) is 6.14. The van der Waals surface area contributed by atoms with Gasteiger partial charge in [-0.15, -0.1) is 0 Å². The van der Waals surface area contributed by atoms with E-state index in [1.165, 1.54) is 6.92 Å². The highest BCUT2D eigenvalue weighted by Crippen LogP contribution is 2.04. The highest BCUT2D eigenvalue weighted by atomic mass is 19.1. The maximum Gasteiger partial charge on any atom is 0.151 e. The Morgan fingerprint density at radius 3 is 2.27 bits per heavy atom. The van der Waals surface area contributed by atoms with Gasteiger partial charge in [-0.1, -0.05) is 0 Å². The molecule has 0 bridgehead atoms. The summed E-state index contributed by atoms with van der Waals surface area (Å²) in [6.45, 7) is 1.29. The summed E-state index contributed by atoms with van der Waals surface area (Å²) in [5.74, 6) is 0. The number of carbonyl (C=O) groups excluding carboxylic acids is 1. The van der Waals surface area contributed by atoms with Crippen LogP contribution in [0.4, 0.5) is 4.39 Å². The van der Waals surface area contributed by atoms with E-state index >= 15 is 0 Å². The lowest BCUT2D eigenvalue weighted by Crippen LogP contribution is -2.47. The molecular formula is C6H12FNO3. The molecule has 11 heavy (non-hydrogen) atoms. The van der Waals surface area contributed by atoms with E-state index in [0.29, 0.717) is 0 Å². The van der Waals surface area contributed by atoms with E-state index in [-0.39, 0.29) is 6.29 Å². The minimum atomic E-state index is -1.91. The summed E-state index contributed by atoms with van der Waals surface area (Å²) in [6, 6.07) is -1.23. The third kappa shape index (κ3) is 2.92. The second-order valence-corrected chi connectivity index (χ2v) is 2.39. The molecule has 4 nitrogen and oxygen atoms in total. The molecule has 0 radical (unpaired) electrons. The third-order valence-electron chi connectivity index (χ3n) is 1.39. The number of rotatable bonds is 4. The first-order valence-corrected chi connectivity index (χ1v) is 3.21. The lowest BCUT2D eigenvalue weighted by atomic mass is 10.0. The van der Waals surface area contributed by atoms with E-state index in [4.69, 9.17) is 15.9 Å². The van der Waals surface area contributed by atoms with E-state index < -0.39 is 24.4 Å². The van der Waals surface area contributed by atoms with Crippen molar-refractivity contribution in [2.24, 2.45) is 5.73 Å². The Balaban J connectivity index is 4.00. The van der Waals surface area contributed by atoms with Crippen LogP contribution < -0.4 is 5.73 Å². The second kappa shape index (κ2) is 4.38. The monoisotopic (exact) mass is 165 g/mol. The molecule has 5 heteroatoms. The molecule has 66 valence electrons. The first-order chi connectivity index (χ1) is 5.00. The van der Waals surface area contributed by atoms with Gasteiger partial charge in [-0.3, -0.25) is 0 Å². The molecule has 0 fully saturated rings. The summed E-state index contributed by atoms with van der Waals surface area (Å²) < 4.78 is 12.7. The lowest BCUT2D eigenvalue weighted by molar-refractivity contribution is -0.118. The first-order valence-electron chi connectivity index (χ1n) is 3.21. The van der Waals surface area contributed by atoms with E-state index in [2.05, 4.69) is 0 Å². The smallest absolute Gasteiger partial charge is 0.151 e. The molecule has 4 N–H and O–H groups in total. The number of halogens is 1. The predicted molar refractivity (Wildman–Crippen MR) is 36.6 cm³/mol. The normalized spacial score (nSPS) is 21.9. The van der Waals surface area contributed by atoms with Crippen LogP contribution in [0.25, 0.3) is 0 Å². The Kier molecular flexibility index (Phi) is 4.17. The van der Waals surface area contributed by atoms with Gasteiger partial charge < -0.3 is 20.7 Å². The predicted octanol–water partition coefficient (Wildman–Crippen LogP) is -1.41. The van der Waals surface area contributed by atoms with Crippen LogP contribution >= 0.6 is 0 Å². The fraction of sp³-hybridized carbons (Fsp3) is 0.833. The van der Waals surface area contributed by atoms with Gasteiger partial charge in [0.25, 0.3) is 0 Å². The standard InChI is InChI=1S/C6H12FNO3/c1-3(10)6(8)5(7)4(11)2-9/h2-6,10-11H,8H2,1H3/t3-,4-,5-,6-/m1/s1. The summed E-state index contributed by atoms with van der Waals surface area (Å²) in [4.78, 5) is 9.85. The average molecular weight is 165 g/mol. The Bertz CT molecular complexity index is 131. The van der Waals surface area contributed by atoms with Gasteiger partial charge in [0.2, 0.25) is 0 Å². The van der Waals surface area contributed by atoms with Gasteiger partial charge in [-0.05, 0) is 6.92 Å². The number of aliphatic hydroxyl groups excluding tert-OH is 2. The molecule has 0 unspecified atom stereocenters. The van der Waals surface area contributed by atoms with Crippen molar-refractivity contribution < 1.29 is 19.4 Å². The zero-order chi connectivity index (χ0) is 9.02. The molecule has 0 amide bonds. The number of alkyl halides is 1. The summed E-state index contributed by atoms with van der Waals surface area (Å²) in [7, 11) is 0. The lowest BCUT2D eigenvalue weighted by Gasteiger charge is -2.20. The summed E-state index contributed by atoms with van der Waals surface area (Å²) in [5, 5.41) is 17.4. The van der Waals surface area contributed by atoms with Gasteiger partial charge in [0, 0.05) is 0 Å². The molecule has 0 heterocycles. The first kappa shape index (κ1) is 10.5. The summed E-state index contributed by atoms with van der Waals surface area (Å²) >= 11 is 0. The second-order valence-electron chi connectivity index (χ2n) is 2.39. The summed E-state index contributed by atoms with van der Waals surface area (Å²) in [5.41, 5.74) is 5.09. The van der Waals surface area contributed by atoms with Gasteiger partial charge in [-0.25, -0.2) is 4.39 Å². The van der Waals surface area contributed by atoms with Gasteiger partial charge in [0.05, 0.1) is 12.1 Å². The Hall–Kier alpha value is -0.520. The van der Waals surface area contributed by atoms with Crippen molar-refractivity contribution in [3.05, 3.63) is 0 Å². The number of aldehydes is 1. The van der Waals surface area contributed by atoms with Crippen LogP contribution in [0.15, 0.2) is 0 Å². The van der Waals surface area contributed by atoms with Crippen molar-refractivity contribution in [1.82, 2.24) is 0 Å². The van der Waals surface area contributed by atoms with Gasteiger partial charge in [0.1, 0.15) is 6.10 Å². The molecule has 0 aromatic rings. The van der Waals surface area contributed by atoms with Crippen LogP contribution in [0.2, 0.25) is 0 Å². The van der Waals surface area contributed by atoms with E-state index in [1.54, 1.807) is 0 Å². The maximum atomic E-state index is 12.7. The van der Waals surface area contributed by atoms with Crippen molar-refractivity contribution in [3.63, 3.8) is 0 Å². The van der Waals surface area contributed by atoms with Crippen molar-refractivity contribution in [1.29, 1.82) is 0 Å². The fourth-order valence-corrected chi connectivity index (χ4v) is 0.569. The van der Waals surface area contributed by atoms with Crippen LogP contribution in [0.3, 0.4) is 0 Å². The SMILES string of the molecule is C[C@@H](O)[C@@H](N)[C@H](F)[C@H](O)C=O. The average Bonchev–Trinajstić information content (AvgIpc) is 2.00.